The summed E-state index contributed by atoms with van der Waals surface area (Å²) in [5, 5.41) is 0.964. The molecule has 0 fully saturated rings. The molecule has 1 aliphatic heterocycles. The van der Waals surface area contributed by atoms with Gasteiger partial charge in [-0.25, -0.2) is 0 Å². The minimum Gasteiger partial charge on any atom is -0.455 e. The molecule has 0 radical (unpaired) electrons. The highest BCUT2D eigenvalue weighted by molar-refractivity contribution is 6.03. The number of hydrogen-bond donors (Lipinski definition) is 0. The van der Waals surface area contributed by atoms with Crippen molar-refractivity contribution in [1.82, 2.24) is 4.98 Å². The molecule has 5 nitrogen and oxygen atoms in total. The standard InChI is InChI=1S/C27H22N2O3/c30-25(18-32-26(31)17-22-10-5-9-21-11-6-16-28-27(21)22)29-23-12-3-1-7-19(23)14-15-20-8-2-4-13-24(20)29/h1-13,16H,14-15,17-18H2. The van der Waals surface area contributed by atoms with Crippen LogP contribution in [0.3, 0.4) is 0 Å². The zero-order valence-electron chi connectivity index (χ0n) is 17.5. The summed E-state index contributed by atoms with van der Waals surface area (Å²) in [6.07, 6.45) is 3.47. The van der Waals surface area contributed by atoms with Gasteiger partial charge in [-0.05, 0) is 47.7 Å². The smallest absolute Gasteiger partial charge is 0.310 e. The van der Waals surface area contributed by atoms with Gasteiger partial charge in [-0.1, -0.05) is 60.7 Å². The molecule has 0 saturated heterocycles. The van der Waals surface area contributed by atoms with Crippen LogP contribution in [0.5, 0.6) is 0 Å². The summed E-state index contributed by atoms with van der Waals surface area (Å²) in [5.41, 5.74) is 5.45. The Morgan fingerprint density at radius 1 is 0.812 bits per heavy atom. The van der Waals surface area contributed by atoms with Crippen LogP contribution in [0.25, 0.3) is 10.9 Å². The summed E-state index contributed by atoms with van der Waals surface area (Å²) in [4.78, 5) is 31.9. The number of esters is 1. The second-order valence-electron chi connectivity index (χ2n) is 7.82. The van der Waals surface area contributed by atoms with Crippen LogP contribution in [-0.2, 0) is 33.6 Å². The number of fused-ring (bicyclic) bond motifs is 3. The van der Waals surface area contributed by atoms with Crippen LogP contribution in [0.1, 0.15) is 16.7 Å². The molecule has 158 valence electrons. The number of ether oxygens (including phenoxy) is 1. The third-order valence-electron chi connectivity index (χ3n) is 5.79. The summed E-state index contributed by atoms with van der Waals surface area (Å²) in [6.45, 7) is -0.320. The van der Waals surface area contributed by atoms with Crippen LogP contribution in [0, 0.1) is 0 Å². The molecule has 0 spiro atoms. The Balaban J connectivity index is 1.36. The van der Waals surface area contributed by atoms with Crippen LogP contribution in [0.4, 0.5) is 11.4 Å². The maximum atomic E-state index is 13.3. The lowest BCUT2D eigenvalue weighted by Crippen LogP contribution is -2.31. The van der Waals surface area contributed by atoms with Crippen molar-refractivity contribution in [2.75, 3.05) is 11.5 Å². The summed E-state index contributed by atoms with van der Waals surface area (Å²) in [5.74, 6) is -0.718. The van der Waals surface area contributed by atoms with Gasteiger partial charge in [0.15, 0.2) is 6.61 Å². The topological polar surface area (TPSA) is 59.5 Å². The van der Waals surface area contributed by atoms with Crippen LogP contribution in [0.15, 0.2) is 85.1 Å². The lowest BCUT2D eigenvalue weighted by molar-refractivity contribution is -0.146. The van der Waals surface area contributed by atoms with Crippen molar-refractivity contribution in [2.45, 2.75) is 19.3 Å². The first-order valence-electron chi connectivity index (χ1n) is 10.7. The van der Waals surface area contributed by atoms with Gasteiger partial charge in [0.05, 0.1) is 23.3 Å². The van der Waals surface area contributed by atoms with Crippen LogP contribution >= 0.6 is 0 Å². The molecule has 1 amide bonds. The summed E-state index contributed by atoms with van der Waals surface area (Å²) in [6, 6.07) is 25.3. The molecule has 1 aliphatic rings. The van der Waals surface area contributed by atoms with Gasteiger partial charge in [0.25, 0.3) is 5.91 Å². The number of pyridine rings is 1. The number of rotatable bonds is 4. The van der Waals surface area contributed by atoms with E-state index in [-0.39, 0.29) is 18.9 Å². The van der Waals surface area contributed by atoms with Gasteiger partial charge in [-0.15, -0.1) is 0 Å². The van der Waals surface area contributed by atoms with E-state index < -0.39 is 5.97 Å². The molecule has 1 aromatic heterocycles. The average Bonchev–Trinajstić information content (AvgIpc) is 3.00. The van der Waals surface area contributed by atoms with Gasteiger partial charge in [-0.2, -0.15) is 0 Å². The largest absolute Gasteiger partial charge is 0.455 e. The molecular formula is C27H22N2O3. The van der Waals surface area contributed by atoms with Crippen molar-refractivity contribution in [2.24, 2.45) is 0 Å². The van der Waals surface area contributed by atoms with Gasteiger partial charge < -0.3 is 4.74 Å². The van der Waals surface area contributed by atoms with E-state index in [1.165, 1.54) is 0 Å². The van der Waals surface area contributed by atoms with Crippen molar-refractivity contribution >= 4 is 34.2 Å². The number of anilines is 2. The molecule has 0 N–H and O–H groups in total. The van der Waals surface area contributed by atoms with E-state index in [1.807, 2.05) is 78.9 Å². The Kier molecular flexibility index (Phi) is 5.38. The summed E-state index contributed by atoms with van der Waals surface area (Å²) < 4.78 is 5.42. The van der Waals surface area contributed by atoms with Gasteiger partial charge in [0.1, 0.15) is 0 Å². The number of aromatic nitrogens is 1. The zero-order valence-corrected chi connectivity index (χ0v) is 17.5. The number of benzene rings is 3. The van der Waals surface area contributed by atoms with Crippen LogP contribution < -0.4 is 4.90 Å². The maximum Gasteiger partial charge on any atom is 0.310 e. The second kappa shape index (κ2) is 8.63. The van der Waals surface area contributed by atoms with Crippen molar-refractivity contribution in [1.29, 1.82) is 0 Å². The highest BCUT2D eigenvalue weighted by Gasteiger charge is 2.26. The van der Waals surface area contributed by atoms with E-state index in [9.17, 15) is 9.59 Å². The Labute approximate surface area is 186 Å². The second-order valence-corrected chi connectivity index (χ2v) is 7.82. The van der Waals surface area contributed by atoms with E-state index in [1.54, 1.807) is 11.1 Å². The van der Waals surface area contributed by atoms with Gasteiger partial charge in [-0.3, -0.25) is 19.5 Å². The lowest BCUT2D eigenvalue weighted by Gasteiger charge is -2.24. The van der Waals surface area contributed by atoms with Gasteiger partial charge in [0, 0.05) is 11.6 Å². The number of para-hydroxylation sites is 3. The van der Waals surface area contributed by atoms with Crippen molar-refractivity contribution in [3.63, 3.8) is 0 Å². The molecule has 0 unspecified atom stereocenters. The minimum atomic E-state index is -0.451. The summed E-state index contributed by atoms with van der Waals surface area (Å²) >= 11 is 0. The molecule has 0 bridgehead atoms. The van der Waals surface area contributed by atoms with E-state index in [0.29, 0.717) is 0 Å². The summed E-state index contributed by atoms with van der Waals surface area (Å²) in [7, 11) is 0. The number of carbonyl (C=O) groups is 2. The van der Waals surface area contributed by atoms with Gasteiger partial charge in [0.2, 0.25) is 0 Å². The Morgan fingerprint density at radius 2 is 1.47 bits per heavy atom. The van der Waals surface area contributed by atoms with E-state index >= 15 is 0 Å². The minimum absolute atomic E-state index is 0.0643. The average molecular weight is 422 g/mol. The van der Waals surface area contributed by atoms with E-state index in [0.717, 1.165) is 51.8 Å². The molecule has 32 heavy (non-hydrogen) atoms. The number of aryl methyl sites for hydroxylation is 2. The molecule has 5 heteroatoms. The number of carbonyl (C=O) groups excluding carboxylic acids is 2. The molecule has 4 aromatic rings. The molecule has 2 heterocycles. The SMILES string of the molecule is O=C(Cc1cccc2cccnc12)OCC(=O)N1c2ccccc2CCc2ccccc21. The fourth-order valence-corrected chi connectivity index (χ4v) is 4.27. The number of amides is 1. The molecular weight excluding hydrogens is 400 g/mol. The normalized spacial score (nSPS) is 12.6. The third kappa shape index (κ3) is 3.85. The molecule has 3 aromatic carbocycles. The molecule has 0 saturated carbocycles. The monoisotopic (exact) mass is 422 g/mol. The van der Waals surface area contributed by atoms with E-state index in [4.69, 9.17) is 4.74 Å². The van der Waals surface area contributed by atoms with Crippen molar-refractivity contribution < 1.29 is 14.3 Å². The highest BCUT2D eigenvalue weighted by Crippen LogP contribution is 2.36. The predicted molar refractivity (Wildman–Crippen MR) is 124 cm³/mol. The van der Waals surface area contributed by atoms with Crippen molar-refractivity contribution in [3.05, 3.63) is 102 Å². The van der Waals surface area contributed by atoms with Crippen LogP contribution in [0.2, 0.25) is 0 Å². The first-order chi connectivity index (χ1) is 15.7. The van der Waals surface area contributed by atoms with E-state index in [2.05, 4.69) is 4.98 Å². The first kappa shape index (κ1) is 19.9. The van der Waals surface area contributed by atoms with Gasteiger partial charge >= 0.3 is 5.97 Å². The Hall–Kier alpha value is -3.99. The Morgan fingerprint density at radius 3 is 2.19 bits per heavy atom. The predicted octanol–water partition coefficient (Wildman–Crippen LogP) is 4.78. The number of hydrogen-bond acceptors (Lipinski definition) is 4. The third-order valence-corrected chi connectivity index (χ3v) is 5.79. The number of nitrogens with zero attached hydrogens (tertiary/aromatic N) is 2. The molecule has 0 atom stereocenters. The van der Waals surface area contributed by atoms with Crippen molar-refractivity contribution in [3.8, 4) is 0 Å². The van der Waals surface area contributed by atoms with Crippen LogP contribution in [-0.4, -0.2) is 23.5 Å². The first-order valence-corrected chi connectivity index (χ1v) is 10.7. The fourth-order valence-electron chi connectivity index (χ4n) is 4.27. The maximum absolute atomic E-state index is 13.3. The lowest BCUT2D eigenvalue weighted by atomic mass is 10.0. The highest BCUT2D eigenvalue weighted by atomic mass is 16.5. The fraction of sp³-hybridized carbons (Fsp3) is 0.148. The quantitative estimate of drug-likeness (QED) is 0.444. The zero-order chi connectivity index (χ0) is 21.9. The Bertz CT molecular complexity index is 1260. The molecule has 0 aliphatic carbocycles. The molecule has 5 rings (SSSR count).